The molecule has 3 aliphatic carbocycles. The van der Waals surface area contributed by atoms with Gasteiger partial charge in [-0.25, -0.2) is 4.79 Å². The summed E-state index contributed by atoms with van der Waals surface area (Å²) in [6.45, 7) is 4.08. The molecule has 0 aliphatic heterocycles. The minimum atomic E-state index is -1.07. The molecule has 5 atom stereocenters. The van der Waals surface area contributed by atoms with Crippen molar-refractivity contribution >= 4 is 17.6 Å². The lowest BCUT2D eigenvalue weighted by atomic mass is 9.74. The Kier molecular flexibility index (Phi) is 4.89. The molecule has 0 aromatic carbocycles. The van der Waals surface area contributed by atoms with Crippen molar-refractivity contribution in [2.75, 3.05) is 7.11 Å². The molecule has 0 spiro atoms. The molecule has 2 N–H and O–H groups in total. The number of nitrogens with one attached hydrogen (secondary N) is 1. The van der Waals surface area contributed by atoms with Crippen LogP contribution in [0.2, 0.25) is 0 Å². The van der Waals surface area contributed by atoms with Crippen molar-refractivity contribution in [2.24, 2.45) is 28.8 Å². The van der Waals surface area contributed by atoms with E-state index in [0.717, 1.165) is 43.4 Å². The van der Waals surface area contributed by atoms with Gasteiger partial charge in [-0.05, 0) is 49.9 Å². The van der Waals surface area contributed by atoms with Gasteiger partial charge in [-0.3, -0.25) is 4.79 Å². The maximum atomic E-state index is 13.0. The number of allylic oxidation sites excluding steroid dienone is 1. The second-order valence-corrected chi connectivity index (χ2v) is 7.58. The highest BCUT2D eigenvalue weighted by Gasteiger charge is 2.61. The van der Waals surface area contributed by atoms with E-state index in [1.165, 1.54) is 0 Å². The first-order valence-electron chi connectivity index (χ1n) is 9.34. The standard InChI is InChI=1S/C19H28N2O4/c1-4-11-8-14-13(6-7-16(14)21-25-3)15(9-11)17(22)20-19(18(23)24)10-12(19)5-2/h9,11-14H,4-8,10H2,1-3H3,(H,20,22)(H,23,24)/b21-16-/t11-,12+,13+,14+,19+/m1/s1. The Morgan fingerprint density at radius 2 is 2.12 bits per heavy atom. The predicted octanol–water partition coefficient (Wildman–Crippen LogP) is 2.74. The number of amides is 1. The van der Waals surface area contributed by atoms with Crippen LogP contribution in [0.1, 0.15) is 52.4 Å². The number of carbonyl (C=O) groups excluding carboxylic acids is 1. The number of oxime groups is 1. The predicted molar refractivity (Wildman–Crippen MR) is 94.0 cm³/mol. The fourth-order valence-electron chi connectivity index (χ4n) is 4.69. The lowest BCUT2D eigenvalue weighted by Gasteiger charge is -2.31. The molecule has 0 saturated heterocycles. The van der Waals surface area contributed by atoms with Crippen LogP contribution in [0.5, 0.6) is 0 Å². The molecule has 6 nitrogen and oxygen atoms in total. The molecular formula is C19H28N2O4. The molecule has 6 heteroatoms. The molecule has 3 rings (SSSR count). The molecule has 0 bridgehead atoms. The molecule has 0 aromatic heterocycles. The average molecular weight is 348 g/mol. The number of rotatable bonds is 6. The number of aliphatic carboxylic acids is 1. The maximum Gasteiger partial charge on any atom is 0.329 e. The first-order valence-corrected chi connectivity index (χ1v) is 9.34. The molecule has 2 saturated carbocycles. The molecule has 3 aliphatic rings. The van der Waals surface area contributed by atoms with Gasteiger partial charge in [-0.1, -0.05) is 31.5 Å². The second kappa shape index (κ2) is 6.81. The van der Waals surface area contributed by atoms with E-state index >= 15 is 0 Å². The number of nitrogens with zero attached hydrogens (tertiary/aromatic N) is 1. The third-order valence-electron chi connectivity index (χ3n) is 6.31. The number of hydrogen-bond acceptors (Lipinski definition) is 4. The van der Waals surface area contributed by atoms with E-state index in [-0.39, 0.29) is 23.7 Å². The van der Waals surface area contributed by atoms with Crippen molar-refractivity contribution in [3.05, 3.63) is 11.6 Å². The van der Waals surface area contributed by atoms with E-state index in [9.17, 15) is 14.7 Å². The minimum Gasteiger partial charge on any atom is -0.479 e. The van der Waals surface area contributed by atoms with Crippen LogP contribution < -0.4 is 5.32 Å². The Morgan fingerprint density at radius 3 is 2.68 bits per heavy atom. The Balaban J connectivity index is 1.82. The molecular weight excluding hydrogens is 320 g/mol. The van der Waals surface area contributed by atoms with E-state index in [1.54, 1.807) is 7.11 Å². The van der Waals surface area contributed by atoms with Crippen LogP contribution in [0.3, 0.4) is 0 Å². The van der Waals surface area contributed by atoms with Crippen molar-refractivity contribution in [2.45, 2.75) is 57.9 Å². The van der Waals surface area contributed by atoms with Crippen molar-refractivity contribution in [3.63, 3.8) is 0 Å². The summed E-state index contributed by atoms with van der Waals surface area (Å²) < 4.78 is 0. The summed E-state index contributed by atoms with van der Waals surface area (Å²) in [7, 11) is 1.55. The summed E-state index contributed by atoms with van der Waals surface area (Å²) in [4.78, 5) is 29.6. The Bertz CT molecular complexity index is 627. The summed E-state index contributed by atoms with van der Waals surface area (Å²) in [5.74, 6) is -0.404. The fraction of sp³-hybridized carbons (Fsp3) is 0.737. The molecule has 25 heavy (non-hydrogen) atoms. The monoisotopic (exact) mass is 348 g/mol. The van der Waals surface area contributed by atoms with Crippen LogP contribution in [-0.4, -0.2) is 35.3 Å². The Hall–Kier alpha value is -1.85. The molecule has 1 amide bonds. The van der Waals surface area contributed by atoms with E-state index in [1.807, 2.05) is 6.92 Å². The first kappa shape index (κ1) is 18.0. The quantitative estimate of drug-likeness (QED) is 0.723. The van der Waals surface area contributed by atoms with Gasteiger partial charge in [-0.15, -0.1) is 0 Å². The van der Waals surface area contributed by atoms with E-state index < -0.39 is 11.5 Å². The van der Waals surface area contributed by atoms with Crippen molar-refractivity contribution in [3.8, 4) is 0 Å². The van der Waals surface area contributed by atoms with Gasteiger partial charge in [0.05, 0.1) is 5.71 Å². The van der Waals surface area contributed by atoms with E-state index in [2.05, 4.69) is 23.5 Å². The molecule has 138 valence electrons. The van der Waals surface area contributed by atoms with Crippen LogP contribution in [0, 0.1) is 23.7 Å². The van der Waals surface area contributed by atoms with E-state index in [0.29, 0.717) is 12.3 Å². The SMILES string of the molecule is CC[C@H]1C=C(C(=O)N[C@@]2(C(=O)O)C[C@@H]2CC)[C@H]2CC/C(=N/OC)[C@H]2C1. The van der Waals surface area contributed by atoms with Crippen molar-refractivity contribution < 1.29 is 19.5 Å². The molecule has 0 unspecified atom stereocenters. The average Bonchev–Trinajstić information content (AvgIpc) is 3.18. The fourth-order valence-corrected chi connectivity index (χ4v) is 4.69. The maximum absolute atomic E-state index is 13.0. The van der Waals surface area contributed by atoms with Gasteiger partial charge in [0.2, 0.25) is 5.91 Å². The zero-order valence-electron chi connectivity index (χ0n) is 15.2. The van der Waals surface area contributed by atoms with Gasteiger partial charge in [0.15, 0.2) is 0 Å². The first-order chi connectivity index (χ1) is 12.0. The highest BCUT2D eigenvalue weighted by molar-refractivity contribution is 6.01. The summed E-state index contributed by atoms with van der Waals surface area (Å²) in [5.41, 5.74) is 0.727. The number of carbonyl (C=O) groups is 2. The largest absolute Gasteiger partial charge is 0.479 e. The topological polar surface area (TPSA) is 88.0 Å². The van der Waals surface area contributed by atoms with Gasteiger partial charge in [0, 0.05) is 11.5 Å². The van der Waals surface area contributed by atoms with Crippen molar-refractivity contribution in [1.29, 1.82) is 0 Å². The Labute approximate surface area is 148 Å². The lowest BCUT2D eigenvalue weighted by molar-refractivity contribution is -0.143. The highest BCUT2D eigenvalue weighted by atomic mass is 16.6. The number of carboxylic acids is 1. The van der Waals surface area contributed by atoms with Crippen LogP contribution in [-0.2, 0) is 14.4 Å². The smallest absolute Gasteiger partial charge is 0.329 e. The van der Waals surface area contributed by atoms with Gasteiger partial charge in [0.25, 0.3) is 0 Å². The lowest BCUT2D eigenvalue weighted by Crippen LogP contribution is -2.47. The second-order valence-electron chi connectivity index (χ2n) is 7.58. The van der Waals surface area contributed by atoms with Gasteiger partial charge >= 0.3 is 5.97 Å². The van der Waals surface area contributed by atoms with Crippen LogP contribution in [0.25, 0.3) is 0 Å². The third-order valence-corrected chi connectivity index (χ3v) is 6.31. The van der Waals surface area contributed by atoms with Gasteiger partial charge in [-0.2, -0.15) is 0 Å². The van der Waals surface area contributed by atoms with E-state index in [4.69, 9.17) is 4.84 Å². The summed E-state index contributed by atoms with van der Waals surface area (Å²) in [5, 5.41) is 16.6. The van der Waals surface area contributed by atoms with Gasteiger partial charge < -0.3 is 15.3 Å². The van der Waals surface area contributed by atoms with Gasteiger partial charge in [0.1, 0.15) is 12.6 Å². The third kappa shape index (κ3) is 3.07. The zero-order chi connectivity index (χ0) is 18.2. The molecule has 0 radical (unpaired) electrons. The molecule has 0 heterocycles. The summed E-state index contributed by atoms with van der Waals surface area (Å²) >= 11 is 0. The Morgan fingerprint density at radius 1 is 1.36 bits per heavy atom. The normalized spacial score (nSPS) is 38.0. The molecule has 0 aromatic rings. The molecule has 2 fully saturated rings. The summed E-state index contributed by atoms with van der Waals surface area (Å²) in [6.07, 6.45) is 7.03. The highest BCUT2D eigenvalue weighted by Crippen LogP contribution is 2.48. The van der Waals surface area contributed by atoms with Crippen LogP contribution in [0.4, 0.5) is 0 Å². The van der Waals surface area contributed by atoms with Crippen LogP contribution >= 0.6 is 0 Å². The number of hydrogen-bond donors (Lipinski definition) is 2. The summed E-state index contributed by atoms with van der Waals surface area (Å²) in [6, 6.07) is 0. The van der Waals surface area contributed by atoms with Crippen LogP contribution in [0.15, 0.2) is 16.8 Å². The number of fused-ring (bicyclic) bond motifs is 1. The van der Waals surface area contributed by atoms with Crippen molar-refractivity contribution in [1.82, 2.24) is 5.32 Å². The minimum absolute atomic E-state index is 0.0325. The number of carboxylic acid groups (broad SMARTS) is 1. The zero-order valence-corrected chi connectivity index (χ0v) is 15.2.